The van der Waals surface area contributed by atoms with Crippen molar-refractivity contribution >= 4 is 67.7 Å². The van der Waals surface area contributed by atoms with Crippen molar-refractivity contribution in [3.63, 3.8) is 0 Å². The van der Waals surface area contributed by atoms with Crippen molar-refractivity contribution in [2.45, 2.75) is 225 Å². The molecule has 464 valence electrons. The van der Waals surface area contributed by atoms with Crippen molar-refractivity contribution in [3.8, 4) is 0 Å². The van der Waals surface area contributed by atoms with Crippen molar-refractivity contribution in [3.05, 3.63) is 24.3 Å². The number of carbonyl (C=O) groups excluding carboxylic acids is 8. The fourth-order valence-corrected chi connectivity index (χ4v) is 13.6. The summed E-state index contributed by atoms with van der Waals surface area (Å²) >= 11 is 0. The van der Waals surface area contributed by atoms with E-state index in [0.29, 0.717) is 91.9 Å². The second kappa shape index (κ2) is 23.6. The molecule has 4 heterocycles. The number of ether oxygens (including phenoxy) is 3. The molecule has 8 rings (SSSR count). The highest BCUT2D eigenvalue weighted by Crippen LogP contribution is 2.48. The zero-order valence-electron chi connectivity index (χ0n) is 46.3. The number of carbonyl (C=O) groups is 8. The highest BCUT2D eigenvalue weighted by Gasteiger charge is 2.64. The molecule has 83 heavy (non-hydrogen) atoms. The number of allylic oxidation sites excluding steroid dienone is 2. The van der Waals surface area contributed by atoms with E-state index in [1.54, 1.807) is 24.3 Å². The van der Waals surface area contributed by atoms with Crippen LogP contribution in [0.3, 0.4) is 0 Å². The number of rotatable bonds is 12. The molecular formula is C52H72F6N8O15S2. The van der Waals surface area contributed by atoms with Crippen molar-refractivity contribution < 1.29 is 95.7 Å². The molecule has 8 aliphatic rings. The van der Waals surface area contributed by atoms with E-state index in [-0.39, 0.29) is 38.5 Å². The van der Waals surface area contributed by atoms with Crippen molar-refractivity contribution in [2.75, 3.05) is 13.1 Å². The molecule has 8 amide bonds. The van der Waals surface area contributed by atoms with Gasteiger partial charge in [0.05, 0.1) is 22.7 Å². The van der Waals surface area contributed by atoms with E-state index in [0.717, 1.165) is 9.80 Å². The molecule has 0 bridgehead atoms. The summed E-state index contributed by atoms with van der Waals surface area (Å²) in [5.74, 6) is -7.43. The molecule has 23 nitrogen and oxygen atoms in total. The van der Waals surface area contributed by atoms with Crippen LogP contribution in [-0.4, -0.2) is 169 Å². The van der Waals surface area contributed by atoms with E-state index in [9.17, 15) is 81.5 Å². The largest absolute Gasteiger partial charge is 0.434 e. The van der Waals surface area contributed by atoms with Gasteiger partial charge in [-0.05, 0) is 105 Å². The van der Waals surface area contributed by atoms with E-state index in [1.807, 2.05) is 0 Å². The minimum Gasteiger partial charge on any atom is -0.434 e. The van der Waals surface area contributed by atoms with Gasteiger partial charge in [0.2, 0.25) is 54.9 Å². The molecule has 0 spiro atoms. The van der Waals surface area contributed by atoms with Gasteiger partial charge in [-0.3, -0.25) is 38.2 Å². The SMILES string of the molecule is CC(C)(OC(=O)NC1CCCCC/C=C\C2CC2(C(=O)NS(=O)(=O)C2CC2)NC(=O)C2CC(OC3CC4C(=O)NC5(C(=O)NS(=O)(=O)C6CC6)CC5/C=C\CCCCCC(NC(=O)OC(C)(C)C(F)(F)F)C(=O)N4C3)CN2C1=O)C(F)(F)F. The van der Waals surface area contributed by atoms with Gasteiger partial charge in [0.1, 0.15) is 35.2 Å². The van der Waals surface area contributed by atoms with Crippen LogP contribution in [0.2, 0.25) is 0 Å². The highest BCUT2D eigenvalue weighted by atomic mass is 32.2. The lowest BCUT2D eigenvalue weighted by Crippen LogP contribution is -2.58. The van der Waals surface area contributed by atoms with Gasteiger partial charge in [-0.1, -0.05) is 50.0 Å². The summed E-state index contributed by atoms with van der Waals surface area (Å²) in [4.78, 5) is 116. The van der Waals surface area contributed by atoms with Crippen LogP contribution in [0.1, 0.15) is 143 Å². The van der Waals surface area contributed by atoms with Crippen LogP contribution in [0.5, 0.6) is 0 Å². The van der Waals surface area contributed by atoms with Crippen molar-refractivity contribution in [1.29, 1.82) is 0 Å². The maximum Gasteiger partial charge on any atom is 0.427 e. The van der Waals surface area contributed by atoms with Crippen LogP contribution < -0.4 is 30.7 Å². The number of hydrogen-bond donors (Lipinski definition) is 6. The number of nitrogens with one attached hydrogen (secondary N) is 6. The van der Waals surface area contributed by atoms with Crippen LogP contribution in [0.4, 0.5) is 35.9 Å². The lowest BCUT2D eigenvalue weighted by Gasteiger charge is -2.31. The first-order valence-corrected chi connectivity index (χ1v) is 31.2. The highest BCUT2D eigenvalue weighted by molar-refractivity contribution is 7.91. The quantitative estimate of drug-likeness (QED) is 0.120. The number of fused-ring (bicyclic) bond motifs is 4. The summed E-state index contributed by atoms with van der Waals surface area (Å²) in [6.45, 7) is 1.39. The molecule has 0 aromatic heterocycles. The molecular weight excluding hydrogens is 1150 g/mol. The van der Waals surface area contributed by atoms with Crippen molar-refractivity contribution in [2.24, 2.45) is 11.8 Å². The molecule has 4 saturated carbocycles. The van der Waals surface area contributed by atoms with E-state index in [2.05, 4.69) is 30.7 Å². The fraction of sp³-hybridized carbons (Fsp3) is 0.769. The number of alkyl halides is 6. The Bertz CT molecular complexity index is 2680. The van der Waals surface area contributed by atoms with Gasteiger partial charge in [0.25, 0.3) is 11.8 Å². The summed E-state index contributed by atoms with van der Waals surface area (Å²) < 4.78 is 156. The van der Waals surface area contributed by atoms with Crippen molar-refractivity contribution in [1.82, 2.24) is 40.5 Å². The third-order valence-corrected chi connectivity index (χ3v) is 20.4. The lowest BCUT2D eigenvalue weighted by molar-refractivity contribution is -0.244. The summed E-state index contributed by atoms with van der Waals surface area (Å²) in [5.41, 5.74) is -9.70. The number of nitrogens with zero attached hydrogens (tertiary/aromatic N) is 2. The van der Waals surface area contributed by atoms with Crippen LogP contribution >= 0.6 is 0 Å². The smallest absolute Gasteiger partial charge is 0.427 e. The van der Waals surface area contributed by atoms with Gasteiger partial charge in [-0.2, -0.15) is 26.3 Å². The number of hydrogen-bond acceptors (Lipinski definition) is 15. The zero-order valence-corrected chi connectivity index (χ0v) is 48.0. The first kappa shape index (κ1) is 63.3. The average Bonchev–Trinajstić information content (AvgIpc) is 1.78. The number of sulfonamides is 2. The molecule has 0 radical (unpaired) electrons. The Morgan fingerprint density at radius 2 is 0.928 bits per heavy atom. The summed E-state index contributed by atoms with van der Waals surface area (Å²) in [7, 11) is -8.29. The molecule has 6 fully saturated rings. The Hall–Kier alpha value is -5.72. The minimum atomic E-state index is -5.04. The Morgan fingerprint density at radius 1 is 0.566 bits per heavy atom. The molecule has 4 aliphatic heterocycles. The third kappa shape index (κ3) is 14.5. The molecule has 10 atom stereocenters. The predicted octanol–water partition coefficient (Wildman–Crippen LogP) is 3.82. The van der Waals surface area contributed by atoms with Crippen LogP contribution in [0.15, 0.2) is 24.3 Å². The van der Waals surface area contributed by atoms with Gasteiger partial charge in [0.15, 0.2) is 0 Å². The predicted molar refractivity (Wildman–Crippen MR) is 279 cm³/mol. The standard InChI is InChI=1S/C52H72F6N8O15S2/c1-47(2,51(53,54)55)80-45(73)59-35-17-13-9-5-7-11-15-29-25-49(29,43(71)63-82(75,76)33-19-20-33)61-39(67)37-23-31(27-65(37)41(35)69)79-32-24-38-40(68)62-50(44(72)64-83(77,78)34-21-22-34)26-30(50)16-12-8-6-10-14-18-36(42(70)66(38)28-32)60-46(74)81-48(3,4)52(56,57)58/h11-12,15-16,29-38H,5-10,13-14,17-28H2,1-4H3,(H,59,73)(H,60,74)(H,61,67)(H,62,68)(H,63,71)(H,64,72)/b15-11-,16-12-. The molecule has 0 aromatic rings. The number of amides is 8. The summed E-state index contributed by atoms with van der Waals surface area (Å²) in [6, 6.07) is -6.43. The zero-order chi connectivity index (χ0) is 60.9. The first-order chi connectivity index (χ1) is 38.6. The minimum absolute atomic E-state index is 0.0494. The summed E-state index contributed by atoms with van der Waals surface area (Å²) in [6.07, 6.45) is -5.74. The maximum atomic E-state index is 14.9. The Balaban J connectivity index is 1.10. The van der Waals surface area contributed by atoms with Crippen LogP contribution in [0.25, 0.3) is 0 Å². The van der Waals surface area contributed by atoms with Gasteiger partial charge in [-0.15, -0.1) is 0 Å². The van der Waals surface area contributed by atoms with E-state index in [1.165, 1.54) is 0 Å². The van der Waals surface area contributed by atoms with Gasteiger partial charge >= 0.3 is 24.5 Å². The second-order valence-corrected chi connectivity index (χ2v) is 28.0. The van der Waals surface area contributed by atoms with E-state index >= 15 is 0 Å². The maximum absolute atomic E-state index is 14.9. The molecule has 4 aliphatic carbocycles. The van der Waals surface area contributed by atoms with E-state index in [4.69, 9.17) is 14.2 Å². The van der Waals surface area contributed by atoms with Crippen LogP contribution in [-0.2, 0) is 63.0 Å². The molecule has 6 N–H and O–H groups in total. The first-order valence-electron chi connectivity index (χ1n) is 28.1. The number of halogens is 6. The van der Waals surface area contributed by atoms with Crippen LogP contribution in [0, 0.1) is 11.8 Å². The Kier molecular flexibility index (Phi) is 18.0. The second-order valence-electron chi connectivity index (χ2n) is 24.1. The molecule has 0 aromatic carbocycles. The fourth-order valence-electron chi connectivity index (χ4n) is 10.9. The Labute approximate surface area is 476 Å². The Morgan fingerprint density at radius 3 is 1.27 bits per heavy atom. The molecule has 31 heteroatoms. The average molecular weight is 1230 g/mol. The van der Waals surface area contributed by atoms with Gasteiger partial charge in [-0.25, -0.2) is 26.4 Å². The summed E-state index contributed by atoms with van der Waals surface area (Å²) in [5, 5.41) is 8.16. The monoisotopic (exact) mass is 1230 g/mol. The topological polar surface area (TPSA) is 311 Å². The molecule has 2 saturated heterocycles. The number of alkyl carbamates (subject to hydrolysis) is 2. The third-order valence-electron chi connectivity index (χ3n) is 16.7. The lowest BCUT2D eigenvalue weighted by atomic mass is 10.0. The van der Waals surface area contributed by atoms with Gasteiger partial charge in [0, 0.05) is 37.8 Å². The van der Waals surface area contributed by atoms with E-state index < -0.39 is 187 Å². The van der Waals surface area contributed by atoms with Gasteiger partial charge < -0.3 is 45.3 Å². The normalized spacial score (nSPS) is 32.4. The molecule has 10 unspecified atom stereocenters.